The lowest BCUT2D eigenvalue weighted by Crippen LogP contribution is -2.37. The first-order valence-electron chi connectivity index (χ1n) is 6.80. The van der Waals surface area contributed by atoms with Crippen molar-refractivity contribution in [2.45, 2.75) is 39.7 Å². The van der Waals surface area contributed by atoms with Crippen LogP contribution in [-0.2, 0) is 13.1 Å². The summed E-state index contributed by atoms with van der Waals surface area (Å²) in [6, 6.07) is 13.0. The fourth-order valence-corrected chi connectivity index (χ4v) is 3.20. The largest absolute Gasteiger partial charge is 0.465 e. The summed E-state index contributed by atoms with van der Waals surface area (Å²) < 4.78 is 5.53. The highest BCUT2D eigenvalue weighted by Gasteiger charge is 2.15. The van der Waals surface area contributed by atoms with Crippen molar-refractivity contribution in [1.82, 2.24) is 5.32 Å². The van der Waals surface area contributed by atoms with Crippen LogP contribution in [0.25, 0.3) is 0 Å². The van der Waals surface area contributed by atoms with E-state index in [1.807, 2.05) is 19.1 Å². The summed E-state index contributed by atoms with van der Waals surface area (Å²) in [7, 11) is -1.17. The van der Waals surface area contributed by atoms with Gasteiger partial charge in [0.25, 0.3) is 0 Å². The summed E-state index contributed by atoms with van der Waals surface area (Å²) in [5.41, 5.74) is 1.32. The minimum Gasteiger partial charge on any atom is -0.465 e. The van der Waals surface area contributed by atoms with Crippen molar-refractivity contribution in [3.63, 3.8) is 0 Å². The van der Waals surface area contributed by atoms with Gasteiger partial charge in [-0.2, -0.15) is 0 Å². The van der Waals surface area contributed by atoms with Crippen molar-refractivity contribution in [2.24, 2.45) is 0 Å². The minimum atomic E-state index is -1.17. The Kier molecular flexibility index (Phi) is 4.27. The van der Waals surface area contributed by atoms with Crippen LogP contribution in [0.3, 0.4) is 0 Å². The molecule has 2 aromatic rings. The lowest BCUT2D eigenvalue weighted by atomic mass is 10.2. The monoisotopic (exact) mass is 273 g/mol. The fraction of sp³-hybridized carbons (Fsp3) is 0.375. The summed E-state index contributed by atoms with van der Waals surface area (Å²) in [6.07, 6.45) is 0. The van der Waals surface area contributed by atoms with Crippen molar-refractivity contribution in [2.75, 3.05) is 0 Å². The first kappa shape index (κ1) is 14.1. The average molecular weight is 273 g/mol. The highest BCUT2D eigenvalue weighted by Crippen LogP contribution is 2.07. The molecule has 1 aromatic heterocycles. The highest BCUT2D eigenvalue weighted by molar-refractivity contribution is 6.88. The number of benzene rings is 1. The van der Waals surface area contributed by atoms with Gasteiger partial charge in [0, 0.05) is 6.54 Å². The second-order valence-corrected chi connectivity index (χ2v) is 11.1. The van der Waals surface area contributed by atoms with E-state index < -0.39 is 8.07 Å². The molecule has 0 bridgehead atoms. The van der Waals surface area contributed by atoms with Gasteiger partial charge < -0.3 is 9.73 Å². The molecule has 0 aliphatic carbocycles. The van der Waals surface area contributed by atoms with Crippen LogP contribution in [0.4, 0.5) is 0 Å². The molecule has 1 aromatic carbocycles. The normalized spacial score (nSPS) is 11.8. The van der Waals surface area contributed by atoms with Crippen LogP contribution >= 0.6 is 0 Å². The van der Waals surface area contributed by atoms with E-state index in [1.165, 1.54) is 10.8 Å². The molecule has 2 rings (SSSR count). The molecule has 0 atom stereocenters. The van der Waals surface area contributed by atoms with Gasteiger partial charge in [0.15, 0.2) is 0 Å². The van der Waals surface area contributed by atoms with Gasteiger partial charge in [-0.3, -0.25) is 0 Å². The summed E-state index contributed by atoms with van der Waals surface area (Å²) in [4.78, 5) is 0. The Morgan fingerprint density at radius 1 is 0.947 bits per heavy atom. The molecule has 19 heavy (non-hydrogen) atoms. The number of hydrogen-bond acceptors (Lipinski definition) is 2. The van der Waals surface area contributed by atoms with Crippen LogP contribution in [0.1, 0.15) is 17.1 Å². The third kappa shape index (κ3) is 4.08. The summed E-state index contributed by atoms with van der Waals surface area (Å²) in [6.45, 7) is 10.8. The summed E-state index contributed by atoms with van der Waals surface area (Å²) in [5.74, 6) is 1.97. The van der Waals surface area contributed by atoms with Crippen molar-refractivity contribution < 1.29 is 4.42 Å². The van der Waals surface area contributed by atoms with Crippen molar-refractivity contribution in [3.8, 4) is 0 Å². The molecule has 0 saturated heterocycles. The van der Waals surface area contributed by atoms with Gasteiger partial charge in [-0.15, -0.1) is 0 Å². The van der Waals surface area contributed by atoms with Crippen LogP contribution in [0.2, 0.25) is 19.6 Å². The Morgan fingerprint density at radius 3 is 2.16 bits per heavy atom. The summed E-state index contributed by atoms with van der Waals surface area (Å²) >= 11 is 0. The number of furan rings is 1. The first-order valence-corrected chi connectivity index (χ1v) is 10.3. The van der Waals surface area contributed by atoms with Gasteiger partial charge in [0.05, 0.1) is 14.6 Å². The predicted octanol–water partition coefficient (Wildman–Crippen LogP) is 3.42. The topological polar surface area (TPSA) is 25.2 Å². The van der Waals surface area contributed by atoms with Crippen LogP contribution in [-0.4, -0.2) is 8.07 Å². The molecule has 0 radical (unpaired) electrons. The van der Waals surface area contributed by atoms with Gasteiger partial charge in [-0.05, 0) is 24.6 Å². The molecule has 0 unspecified atom stereocenters. The van der Waals surface area contributed by atoms with E-state index in [0.717, 1.165) is 24.6 Å². The Morgan fingerprint density at radius 2 is 1.63 bits per heavy atom. The molecule has 102 valence electrons. The van der Waals surface area contributed by atoms with Gasteiger partial charge in [0.1, 0.15) is 11.5 Å². The molecule has 3 heteroatoms. The third-order valence-corrected chi connectivity index (χ3v) is 5.31. The molecule has 0 amide bonds. The number of rotatable bonds is 5. The molecule has 2 nitrogen and oxygen atoms in total. The number of aryl methyl sites for hydroxylation is 1. The van der Waals surface area contributed by atoms with E-state index in [1.54, 1.807) is 0 Å². The Balaban J connectivity index is 1.86. The fourth-order valence-electron chi connectivity index (χ4n) is 2.03. The van der Waals surface area contributed by atoms with Crippen molar-refractivity contribution in [1.29, 1.82) is 0 Å². The quantitative estimate of drug-likeness (QED) is 0.844. The third-order valence-electron chi connectivity index (χ3n) is 3.24. The maximum Gasteiger partial charge on any atom is 0.117 e. The molecule has 0 saturated carbocycles. The van der Waals surface area contributed by atoms with Crippen molar-refractivity contribution >= 4 is 13.3 Å². The van der Waals surface area contributed by atoms with Gasteiger partial charge in [-0.1, -0.05) is 49.1 Å². The van der Waals surface area contributed by atoms with Gasteiger partial charge in [-0.25, -0.2) is 0 Å². The zero-order chi connectivity index (χ0) is 13.9. The number of nitrogens with one attached hydrogen (secondary N) is 1. The number of hydrogen-bond donors (Lipinski definition) is 1. The molecular formula is C16H23NOSi. The Bertz CT molecular complexity index is 522. The van der Waals surface area contributed by atoms with E-state index in [0.29, 0.717) is 0 Å². The molecule has 0 aliphatic heterocycles. The Hall–Kier alpha value is -1.32. The van der Waals surface area contributed by atoms with Gasteiger partial charge >= 0.3 is 0 Å². The Labute approximate surface area is 116 Å². The standard InChI is InChI=1S/C16H23NOSi/c1-13-5-8-15(18-13)12-17-11-14-6-9-16(10-7-14)19(2,3)4/h5-10,17H,11-12H2,1-4H3. The maximum absolute atomic E-state index is 5.53. The van der Waals surface area contributed by atoms with E-state index in [4.69, 9.17) is 4.42 Å². The van der Waals surface area contributed by atoms with Crippen LogP contribution in [0.15, 0.2) is 40.8 Å². The second-order valence-electron chi connectivity index (χ2n) is 6.06. The molecule has 1 N–H and O–H groups in total. The SMILES string of the molecule is Cc1ccc(CNCc2ccc([Si](C)(C)C)cc2)o1. The van der Waals surface area contributed by atoms with Crippen LogP contribution < -0.4 is 10.5 Å². The van der Waals surface area contributed by atoms with Crippen molar-refractivity contribution in [3.05, 3.63) is 53.5 Å². The molecule has 0 fully saturated rings. The lowest BCUT2D eigenvalue weighted by Gasteiger charge is -2.16. The lowest BCUT2D eigenvalue weighted by molar-refractivity contribution is 0.462. The van der Waals surface area contributed by atoms with E-state index in [-0.39, 0.29) is 0 Å². The zero-order valence-electron chi connectivity index (χ0n) is 12.3. The van der Waals surface area contributed by atoms with Gasteiger partial charge in [0.2, 0.25) is 0 Å². The minimum absolute atomic E-state index is 0.781. The van der Waals surface area contributed by atoms with E-state index in [2.05, 4.69) is 49.2 Å². The molecule has 0 spiro atoms. The van der Waals surface area contributed by atoms with Crippen LogP contribution in [0, 0.1) is 6.92 Å². The van der Waals surface area contributed by atoms with E-state index >= 15 is 0 Å². The molecule has 1 heterocycles. The summed E-state index contributed by atoms with van der Waals surface area (Å²) in [5, 5.41) is 4.92. The van der Waals surface area contributed by atoms with E-state index in [9.17, 15) is 0 Å². The molecule has 0 aliphatic rings. The predicted molar refractivity (Wildman–Crippen MR) is 83.4 cm³/mol. The molecular weight excluding hydrogens is 250 g/mol. The average Bonchev–Trinajstić information content (AvgIpc) is 2.75. The smallest absolute Gasteiger partial charge is 0.117 e. The zero-order valence-corrected chi connectivity index (χ0v) is 13.3. The van der Waals surface area contributed by atoms with Crippen LogP contribution in [0.5, 0.6) is 0 Å². The highest BCUT2D eigenvalue weighted by atomic mass is 28.3. The maximum atomic E-state index is 5.53. The first-order chi connectivity index (χ1) is 8.95. The second kappa shape index (κ2) is 5.76.